The smallest absolute Gasteiger partial charge is 0.232 e. The Morgan fingerprint density at radius 2 is 2.20 bits per heavy atom. The fourth-order valence-corrected chi connectivity index (χ4v) is 1.65. The molecule has 0 amide bonds. The third-order valence-corrected chi connectivity index (χ3v) is 2.57. The molecule has 2 rings (SSSR count). The molecule has 1 aromatic heterocycles. The summed E-state index contributed by atoms with van der Waals surface area (Å²) in [6, 6.07) is 0. The van der Waals surface area contributed by atoms with Crippen LogP contribution in [0.5, 0.6) is 0 Å². The second kappa shape index (κ2) is 3.57. The van der Waals surface area contributed by atoms with Gasteiger partial charge in [-0.1, -0.05) is 5.16 Å². The van der Waals surface area contributed by atoms with Crippen LogP contribution in [0.3, 0.4) is 0 Å². The van der Waals surface area contributed by atoms with E-state index in [0.717, 1.165) is 6.42 Å². The monoisotopic (exact) mass is 211 g/mol. The molecule has 5 nitrogen and oxygen atoms in total. The predicted octanol–water partition coefficient (Wildman–Crippen LogP) is 1.16. The van der Waals surface area contributed by atoms with Crippen molar-refractivity contribution in [2.24, 2.45) is 5.73 Å². The number of nitrogens with two attached hydrogens (primary N) is 1. The maximum Gasteiger partial charge on any atom is 0.232 e. The van der Waals surface area contributed by atoms with Crippen LogP contribution in [0.25, 0.3) is 0 Å². The van der Waals surface area contributed by atoms with Gasteiger partial charge in [0.2, 0.25) is 5.89 Å². The normalized spacial score (nSPS) is 27.2. The van der Waals surface area contributed by atoms with Crippen molar-refractivity contribution in [3.63, 3.8) is 0 Å². The van der Waals surface area contributed by atoms with E-state index in [1.54, 1.807) is 0 Å². The topological polar surface area (TPSA) is 74.2 Å². The summed E-state index contributed by atoms with van der Waals surface area (Å²) >= 11 is 0. The van der Waals surface area contributed by atoms with Gasteiger partial charge in [-0.05, 0) is 27.2 Å². The molecular weight excluding hydrogens is 194 g/mol. The quantitative estimate of drug-likeness (QED) is 0.794. The third kappa shape index (κ3) is 2.18. The highest BCUT2D eigenvalue weighted by Gasteiger charge is 2.30. The summed E-state index contributed by atoms with van der Waals surface area (Å²) < 4.78 is 10.7. The molecule has 1 aromatic rings. The van der Waals surface area contributed by atoms with Crippen molar-refractivity contribution in [2.75, 3.05) is 6.61 Å². The van der Waals surface area contributed by atoms with Crippen LogP contribution in [-0.4, -0.2) is 22.9 Å². The van der Waals surface area contributed by atoms with E-state index in [-0.39, 0.29) is 12.0 Å². The molecule has 0 saturated carbocycles. The zero-order valence-corrected chi connectivity index (χ0v) is 9.36. The van der Waals surface area contributed by atoms with Crippen molar-refractivity contribution in [1.82, 2.24) is 10.1 Å². The maximum absolute atomic E-state index is 5.88. The SMILES string of the molecule is CC1CC(c2nc(C(C)(C)N)no2)CO1. The lowest BCUT2D eigenvalue weighted by Gasteiger charge is -2.11. The summed E-state index contributed by atoms with van der Waals surface area (Å²) in [6.45, 7) is 6.42. The van der Waals surface area contributed by atoms with E-state index in [2.05, 4.69) is 10.1 Å². The molecule has 15 heavy (non-hydrogen) atoms. The first-order valence-electron chi connectivity index (χ1n) is 5.21. The summed E-state index contributed by atoms with van der Waals surface area (Å²) in [6.07, 6.45) is 1.21. The van der Waals surface area contributed by atoms with Crippen LogP contribution in [0.4, 0.5) is 0 Å². The highest BCUT2D eigenvalue weighted by Crippen LogP contribution is 2.28. The zero-order valence-electron chi connectivity index (χ0n) is 9.36. The van der Waals surface area contributed by atoms with Crippen LogP contribution in [0.15, 0.2) is 4.52 Å². The Kier molecular flexibility index (Phi) is 2.52. The number of hydrogen-bond donors (Lipinski definition) is 1. The Morgan fingerprint density at radius 1 is 1.47 bits per heavy atom. The van der Waals surface area contributed by atoms with Crippen molar-refractivity contribution in [3.05, 3.63) is 11.7 Å². The predicted molar refractivity (Wildman–Crippen MR) is 54.3 cm³/mol. The van der Waals surface area contributed by atoms with E-state index in [1.807, 2.05) is 20.8 Å². The molecule has 0 radical (unpaired) electrons. The molecule has 2 atom stereocenters. The van der Waals surface area contributed by atoms with Crippen LogP contribution >= 0.6 is 0 Å². The standard InChI is InChI=1S/C10H17N3O2/c1-6-4-7(5-14-6)8-12-9(13-15-8)10(2,3)11/h6-7H,4-5,11H2,1-3H3. The summed E-state index contributed by atoms with van der Waals surface area (Å²) in [4.78, 5) is 4.32. The fourth-order valence-electron chi connectivity index (χ4n) is 1.65. The van der Waals surface area contributed by atoms with E-state index >= 15 is 0 Å². The summed E-state index contributed by atoms with van der Waals surface area (Å²) in [5, 5.41) is 3.89. The molecule has 0 aromatic carbocycles. The van der Waals surface area contributed by atoms with E-state index in [9.17, 15) is 0 Å². The Bertz CT molecular complexity index is 343. The molecule has 0 spiro atoms. The number of ether oxygens (including phenoxy) is 1. The first-order chi connectivity index (χ1) is 6.97. The summed E-state index contributed by atoms with van der Waals surface area (Å²) in [5.74, 6) is 1.42. The third-order valence-electron chi connectivity index (χ3n) is 2.57. The molecule has 1 aliphatic rings. The molecule has 0 aliphatic carbocycles. The molecule has 1 fully saturated rings. The van der Waals surface area contributed by atoms with Gasteiger partial charge in [0.15, 0.2) is 5.82 Å². The van der Waals surface area contributed by atoms with Gasteiger partial charge in [-0.3, -0.25) is 0 Å². The lowest BCUT2D eigenvalue weighted by molar-refractivity contribution is 0.122. The molecule has 84 valence electrons. The van der Waals surface area contributed by atoms with Crippen molar-refractivity contribution in [2.45, 2.75) is 44.8 Å². The first kappa shape index (κ1) is 10.6. The fraction of sp³-hybridized carbons (Fsp3) is 0.800. The minimum atomic E-state index is -0.549. The van der Waals surface area contributed by atoms with Gasteiger partial charge < -0.3 is 15.0 Å². The molecule has 0 bridgehead atoms. The van der Waals surface area contributed by atoms with Gasteiger partial charge in [-0.15, -0.1) is 0 Å². The zero-order chi connectivity index (χ0) is 11.1. The largest absolute Gasteiger partial charge is 0.378 e. The van der Waals surface area contributed by atoms with E-state index in [0.29, 0.717) is 18.3 Å². The molecular formula is C10H17N3O2. The Hall–Kier alpha value is -0.940. The van der Waals surface area contributed by atoms with E-state index in [1.165, 1.54) is 0 Å². The Morgan fingerprint density at radius 3 is 2.67 bits per heavy atom. The van der Waals surface area contributed by atoms with Gasteiger partial charge in [0.05, 0.1) is 24.2 Å². The Balaban J connectivity index is 2.14. The lowest BCUT2D eigenvalue weighted by Crippen LogP contribution is -2.30. The second-order valence-corrected chi connectivity index (χ2v) is 4.75. The van der Waals surface area contributed by atoms with Gasteiger partial charge in [0.25, 0.3) is 0 Å². The van der Waals surface area contributed by atoms with Crippen molar-refractivity contribution in [1.29, 1.82) is 0 Å². The van der Waals surface area contributed by atoms with Crippen molar-refractivity contribution >= 4 is 0 Å². The number of nitrogens with zero attached hydrogens (tertiary/aromatic N) is 2. The average molecular weight is 211 g/mol. The highest BCUT2D eigenvalue weighted by atomic mass is 16.5. The van der Waals surface area contributed by atoms with Gasteiger partial charge >= 0.3 is 0 Å². The van der Waals surface area contributed by atoms with E-state index < -0.39 is 5.54 Å². The summed E-state index contributed by atoms with van der Waals surface area (Å²) in [5.41, 5.74) is 5.33. The first-order valence-corrected chi connectivity index (χ1v) is 5.21. The molecule has 2 N–H and O–H groups in total. The number of hydrogen-bond acceptors (Lipinski definition) is 5. The average Bonchev–Trinajstić information content (AvgIpc) is 2.69. The van der Waals surface area contributed by atoms with Crippen molar-refractivity contribution < 1.29 is 9.26 Å². The Labute approximate surface area is 89.0 Å². The van der Waals surface area contributed by atoms with Crippen LogP contribution < -0.4 is 5.73 Å². The highest BCUT2D eigenvalue weighted by molar-refractivity contribution is 5.03. The van der Waals surface area contributed by atoms with Gasteiger partial charge in [-0.2, -0.15) is 4.98 Å². The number of rotatable bonds is 2. The molecule has 2 heterocycles. The van der Waals surface area contributed by atoms with Crippen molar-refractivity contribution in [3.8, 4) is 0 Å². The lowest BCUT2D eigenvalue weighted by atomic mass is 10.1. The molecule has 5 heteroatoms. The number of aromatic nitrogens is 2. The molecule has 2 unspecified atom stereocenters. The van der Waals surface area contributed by atoms with Crippen LogP contribution in [0.2, 0.25) is 0 Å². The maximum atomic E-state index is 5.88. The minimum Gasteiger partial charge on any atom is -0.378 e. The molecule has 1 aliphatic heterocycles. The minimum absolute atomic E-state index is 0.226. The van der Waals surface area contributed by atoms with Gasteiger partial charge in [0.1, 0.15) is 0 Å². The van der Waals surface area contributed by atoms with Gasteiger partial charge in [0, 0.05) is 0 Å². The van der Waals surface area contributed by atoms with E-state index in [4.69, 9.17) is 15.0 Å². The summed E-state index contributed by atoms with van der Waals surface area (Å²) in [7, 11) is 0. The van der Waals surface area contributed by atoms with Crippen LogP contribution in [0, 0.1) is 0 Å². The molecule has 1 saturated heterocycles. The second-order valence-electron chi connectivity index (χ2n) is 4.75. The van der Waals surface area contributed by atoms with Gasteiger partial charge in [-0.25, -0.2) is 0 Å². The van der Waals surface area contributed by atoms with Crippen LogP contribution in [0.1, 0.15) is 44.8 Å². The van der Waals surface area contributed by atoms with Crippen LogP contribution in [-0.2, 0) is 10.3 Å².